The van der Waals surface area contributed by atoms with E-state index in [2.05, 4.69) is 0 Å². The predicted octanol–water partition coefficient (Wildman–Crippen LogP) is 1.31. The minimum absolute atomic E-state index is 0.0217. The summed E-state index contributed by atoms with van der Waals surface area (Å²) in [7, 11) is 0. The summed E-state index contributed by atoms with van der Waals surface area (Å²) in [5, 5.41) is 18.2. The first-order valence-electron chi connectivity index (χ1n) is 5.92. The Morgan fingerprint density at radius 3 is 2.53 bits per heavy atom. The topological polar surface area (TPSA) is 91.7 Å². The Morgan fingerprint density at radius 1 is 1.29 bits per heavy atom. The molecule has 0 radical (unpaired) electrons. The number of carboxylic acids is 2. The molecular weight excluding hydrogens is 224 g/mol. The Balaban J connectivity index is 2.34. The molecule has 0 amide bonds. The largest absolute Gasteiger partial charge is 0.481 e. The average Bonchev–Trinajstić information content (AvgIpc) is 2.13. The number of carbonyl (C=O) groups excluding carboxylic acids is 1. The molecule has 0 heterocycles. The maximum Gasteiger partial charge on any atom is 0.318 e. The number of hydrogen-bond acceptors (Lipinski definition) is 3. The summed E-state index contributed by atoms with van der Waals surface area (Å²) in [6.07, 6.45) is 3.47. The van der Waals surface area contributed by atoms with Crippen molar-refractivity contribution in [2.45, 2.75) is 38.5 Å². The minimum Gasteiger partial charge on any atom is -0.481 e. The molecule has 2 fully saturated rings. The number of hydrogen-bond donors (Lipinski definition) is 2. The highest BCUT2D eigenvalue weighted by Crippen LogP contribution is 2.52. The van der Waals surface area contributed by atoms with Gasteiger partial charge < -0.3 is 10.2 Å². The lowest BCUT2D eigenvalue weighted by Gasteiger charge is -2.46. The smallest absolute Gasteiger partial charge is 0.318 e. The van der Waals surface area contributed by atoms with Gasteiger partial charge in [0, 0.05) is 18.3 Å². The van der Waals surface area contributed by atoms with Crippen molar-refractivity contribution >= 4 is 17.7 Å². The van der Waals surface area contributed by atoms with Crippen molar-refractivity contribution < 1.29 is 24.6 Å². The fourth-order valence-corrected chi connectivity index (χ4v) is 3.64. The van der Waals surface area contributed by atoms with Crippen LogP contribution in [0.5, 0.6) is 0 Å². The fraction of sp³-hybridized carbons (Fsp3) is 0.750. The van der Waals surface area contributed by atoms with Crippen molar-refractivity contribution in [1.29, 1.82) is 0 Å². The molecule has 17 heavy (non-hydrogen) atoms. The minimum atomic E-state index is -1.44. The molecule has 2 saturated carbocycles. The van der Waals surface area contributed by atoms with Gasteiger partial charge >= 0.3 is 11.9 Å². The molecule has 2 N–H and O–H groups in total. The lowest BCUT2D eigenvalue weighted by molar-refractivity contribution is -0.166. The lowest BCUT2D eigenvalue weighted by atomic mass is 9.56. The molecule has 2 aliphatic carbocycles. The van der Waals surface area contributed by atoms with Gasteiger partial charge in [-0.15, -0.1) is 0 Å². The van der Waals surface area contributed by atoms with Crippen LogP contribution < -0.4 is 0 Å². The van der Waals surface area contributed by atoms with Gasteiger partial charge in [0.1, 0.15) is 5.78 Å². The number of fused-ring (bicyclic) bond motifs is 2. The van der Waals surface area contributed by atoms with E-state index in [4.69, 9.17) is 10.2 Å². The van der Waals surface area contributed by atoms with E-state index in [1.807, 2.05) is 0 Å². The molecule has 5 heteroatoms. The van der Waals surface area contributed by atoms with Crippen LogP contribution in [0.15, 0.2) is 0 Å². The van der Waals surface area contributed by atoms with Gasteiger partial charge in [0.05, 0.1) is 0 Å². The van der Waals surface area contributed by atoms with Gasteiger partial charge in [-0.1, -0.05) is 6.42 Å². The van der Waals surface area contributed by atoms with E-state index in [0.717, 1.165) is 12.8 Å². The van der Waals surface area contributed by atoms with Gasteiger partial charge in [-0.2, -0.15) is 0 Å². The van der Waals surface area contributed by atoms with Crippen LogP contribution in [-0.2, 0) is 14.4 Å². The van der Waals surface area contributed by atoms with E-state index in [0.29, 0.717) is 19.3 Å². The first kappa shape index (κ1) is 12.1. The van der Waals surface area contributed by atoms with E-state index in [1.54, 1.807) is 0 Å². The number of aliphatic carboxylic acids is 2. The highest BCUT2D eigenvalue weighted by molar-refractivity contribution is 5.95. The maximum atomic E-state index is 11.6. The van der Waals surface area contributed by atoms with Gasteiger partial charge in [-0.3, -0.25) is 14.4 Å². The van der Waals surface area contributed by atoms with Crippen LogP contribution in [0.25, 0.3) is 0 Å². The van der Waals surface area contributed by atoms with Gasteiger partial charge in [0.25, 0.3) is 0 Å². The Morgan fingerprint density at radius 2 is 1.94 bits per heavy atom. The fourth-order valence-electron chi connectivity index (χ4n) is 3.64. The van der Waals surface area contributed by atoms with E-state index < -0.39 is 23.3 Å². The van der Waals surface area contributed by atoms with Crippen LogP contribution in [0.1, 0.15) is 38.5 Å². The van der Waals surface area contributed by atoms with E-state index in [9.17, 15) is 14.4 Å². The molecule has 2 unspecified atom stereocenters. The predicted molar refractivity (Wildman–Crippen MR) is 57.4 cm³/mol. The second-order valence-corrected chi connectivity index (χ2v) is 5.35. The second kappa shape index (κ2) is 4.13. The van der Waals surface area contributed by atoms with Crippen molar-refractivity contribution in [1.82, 2.24) is 0 Å². The van der Waals surface area contributed by atoms with Crippen molar-refractivity contribution in [2.24, 2.45) is 17.3 Å². The summed E-state index contributed by atoms with van der Waals surface area (Å²) in [6.45, 7) is 0. The van der Waals surface area contributed by atoms with Crippen molar-refractivity contribution in [3.63, 3.8) is 0 Å². The standard InChI is InChI=1S/C12H16O5/c13-8-4-7-2-1-3-12(5-7,6-8)9(10(14)15)11(16)17/h7,9H,1-6H2,(H,14,15)(H,16,17). The summed E-state index contributed by atoms with van der Waals surface area (Å²) in [5.41, 5.74) is -0.837. The number of ketones is 1. The number of carbonyl (C=O) groups is 3. The second-order valence-electron chi connectivity index (χ2n) is 5.35. The molecule has 0 spiro atoms. The van der Waals surface area contributed by atoms with Crippen LogP contribution >= 0.6 is 0 Å². The number of carboxylic acid groups (broad SMARTS) is 2. The maximum absolute atomic E-state index is 11.6. The highest BCUT2D eigenvalue weighted by Gasteiger charge is 2.53. The highest BCUT2D eigenvalue weighted by atomic mass is 16.4. The summed E-state index contributed by atoms with van der Waals surface area (Å²) < 4.78 is 0. The van der Waals surface area contributed by atoms with Crippen LogP contribution in [0.2, 0.25) is 0 Å². The van der Waals surface area contributed by atoms with E-state index >= 15 is 0 Å². The normalized spacial score (nSPS) is 32.5. The molecule has 2 atom stereocenters. The molecule has 0 aromatic heterocycles. The van der Waals surface area contributed by atoms with Crippen LogP contribution in [0.3, 0.4) is 0 Å². The molecule has 5 nitrogen and oxygen atoms in total. The molecular formula is C12H16O5. The van der Waals surface area contributed by atoms with Crippen LogP contribution in [-0.4, -0.2) is 27.9 Å². The van der Waals surface area contributed by atoms with Gasteiger partial charge in [-0.25, -0.2) is 0 Å². The number of rotatable bonds is 3. The first-order chi connectivity index (χ1) is 7.94. The zero-order valence-electron chi connectivity index (χ0n) is 9.52. The molecule has 2 aliphatic rings. The third-order valence-corrected chi connectivity index (χ3v) is 4.15. The molecule has 0 saturated heterocycles. The summed E-state index contributed by atoms with van der Waals surface area (Å²) in [5.74, 6) is -3.85. The molecule has 94 valence electrons. The molecule has 2 bridgehead atoms. The molecule has 0 aromatic carbocycles. The van der Waals surface area contributed by atoms with Gasteiger partial charge in [0.2, 0.25) is 0 Å². The Kier molecular flexibility index (Phi) is 2.93. The lowest BCUT2D eigenvalue weighted by Crippen LogP contribution is -2.48. The van der Waals surface area contributed by atoms with Crippen molar-refractivity contribution in [3.05, 3.63) is 0 Å². The quantitative estimate of drug-likeness (QED) is 0.726. The summed E-state index contributed by atoms with van der Waals surface area (Å²) in [4.78, 5) is 33.9. The summed E-state index contributed by atoms with van der Waals surface area (Å²) >= 11 is 0. The molecule has 0 aliphatic heterocycles. The third-order valence-electron chi connectivity index (χ3n) is 4.15. The van der Waals surface area contributed by atoms with E-state index in [1.165, 1.54) is 0 Å². The number of Topliss-reactive ketones (excluding diaryl/α,β-unsaturated/α-hetero) is 1. The van der Waals surface area contributed by atoms with Gasteiger partial charge in [0.15, 0.2) is 5.92 Å². The van der Waals surface area contributed by atoms with E-state index in [-0.39, 0.29) is 18.1 Å². The van der Waals surface area contributed by atoms with Crippen LogP contribution in [0.4, 0.5) is 0 Å². The molecule has 0 aromatic rings. The van der Waals surface area contributed by atoms with Crippen molar-refractivity contribution in [2.75, 3.05) is 0 Å². The monoisotopic (exact) mass is 240 g/mol. The van der Waals surface area contributed by atoms with Crippen molar-refractivity contribution in [3.8, 4) is 0 Å². The van der Waals surface area contributed by atoms with Gasteiger partial charge in [-0.05, 0) is 25.2 Å². The molecule has 2 rings (SSSR count). The Hall–Kier alpha value is -1.39. The van der Waals surface area contributed by atoms with Crippen LogP contribution in [0, 0.1) is 17.3 Å². The Bertz CT molecular complexity index is 361. The third kappa shape index (κ3) is 2.06. The SMILES string of the molecule is O=C1CC2CCCC(C(C(=O)O)C(=O)O)(C1)C2. The first-order valence-corrected chi connectivity index (χ1v) is 5.92. The zero-order chi connectivity index (χ0) is 12.6. The zero-order valence-corrected chi connectivity index (χ0v) is 9.52. The average molecular weight is 240 g/mol. The summed E-state index contributed by atoms with van der Waals surface area (Å²) in [6, 6.07) is 0. The Labute approximate surface area is 98.8 Å².